The first-order valence-electron chi connectivity index (χ1n) is 10.8. The van der Waals surface area contributed by atoms with Gasteiger partial charge in [0.1, 0.15) is 17.5 Å². The number of hydrogen-bond acceptors (Lipinski definition) is 7. The number of nitrogens with zero attached hydrogens (tertiary/aromatic N) is 5. The van der Waals surface area contributed by atoms with E-state index in [9.17, 15) is 4.39 Å². The Balaban J connectivity index is 1.27. The van der Waals surface area contributed by atoms with Crippen molar-refractivity contribution in [3.05, 3.63) is 65.7 Å². The topological polar surface area (TPSA) is 57.2 Å². The fourth-order valence-corrected chi connectivity index (χ4v) is 4.66. The van der Waals surface area contributed by atoms with Crippen molar-refractivity contribution in [2.24, 2.45) is 0 Å². The number of aromatic nitrogens is 3. The number of rotatable bonds is 6. The minimum absolute atomic E-state index is 0.364. The average molecular weight is 449 g/mol. The Morgan fingerprint density at radius 2 is 1.75 bits per heavy atom. The first-order valence-corrected chi connectivity index (χ1v) is 11.7. The van der Waals surface area contributed by atoms with Crippen LogP contribution < -0.4 is 5.32 Å². The molecule has 1 aromatic carbocycles. The number of nitrogens with one attached hydrogen (secondary N) is 1. The first-order chi connectivity index (χ1) is 15.7. The minimum Gasteiger partial charge on any atom is -0.325 e. The van der Waals surface area contributed by atoms with Gasteiger partial charge in [0, 0.05) is 44.5 Å². The van der Waals surface area contributed by atoms with E-state index in [0.717, 1.165) is 55.0 Å². The lowest BCUT2D eigenvalue weighted by atomic mass is 10.1. The summed E-state index contributed by atoms with van der Waals surface area (Å²) in [5.74, 6) is 0.872. The average Bonchev–Trinajstić information content (AvgIpc) is 3.30. The molecule has 4 heterocycles. The van der Waals surface area contributed by atoms with Crippen molar-refractivity contribution in [1.29, 1.82) is 0 Å². The van der Waals surface area contributed by atoms with Crippen molar-refractivity contribution < 1.29 is 4.39 Å². The van der Waals surface area contributed by atoms with Gasteiger partial charge in [0.2, 0.25) is 0 Å². The molecule has 6 nitrogen and oxygen atoms in total. The smallest absolute Gasteiger partial charge is 0.149 e. The summed E-state index contributed by atoms with van der Waals surface area (Å²) in [6.07, 6.45) is 3.14. The Labute approximate surface area is 190 Å². The van der Waals surface area contributed by atoms with Crippen LogP contribution >= 0.6 is 11.3 Å². The summed E-state index contributed by atoms with van der Waals surface area (Å²) >= 11 is 1.57. The molecule has 0 spiro atoms. The molecule has 0 amide bonds. The van der Waals surface area contributed by atoms with Crippen molar-refractivity contribution >= 4 is 33.2 Å². The van der Waals surface area contributed by atoms with E-state index < -0.39 is 0 Å². The van der Waals surface area contributed by atoms with E-state index in [4.69, 9.17) is 0 Å². The fourth-order valence-electron chi connectivity index (χ4n) is 4.00. The molecule has 0 aliphatic carbocycles. The monoisotopic (exact) mass is 448 g/mol. The van der Waals surface area contributed by atoms with Gasteiger partial charge in [-0.05, 0) is 41.9 Å². The number of pyridine rings is 2. The fraction of sp³-hybridized carbons (Fsp3) is 0.292. The molecule has 0 radical (unpaired) electrons. The van der Waals surface area contributed by atoms with Gasteiger partial charge in [-0.15, -0.1) is 11.3 Å². The van der Waals surface area contributed by atoms with Crippen molar-refractivity contribution in [3.63, 3.8) is 0 Å². The van der Waals surface area contributed by atoms with Gasteiger partial charge >= 0.3 is 0 Å². The van der Waals surface area contributed by atoms with E-state index in [1.165, 1.54) is 11.8 Å². The zero-order valence-electron chi connectivity index (χ0n) is 18.0. The molecule has 0 unspecified atom stereocenters. The predicted molar refractivity (Wildman–Crippen MR) is 128 cm³/mol. The largest absolute Gasteiger partial charge is 0.325 e. The van der Waals surface area contributed by atoms with Crippen LogP contribution in [-0.2, 0) is 6.54 Å². The number of piperazine rings is 1. The zero-order valence-corrected chi connectivity index (χ0v) is 18.8. The maximum atomic E-state index is 14.5. The van der Waals surface area contributed by atoms with E-state index in [1.807, 2.05) is 30.5 Å². The van der Waals surface area contributed by atoms with Crippen molar-refractivity contribution in [2.75, 3.05) is 38.0 Å². The third-order valence-electron chi connectivity index (χ3n) is 5.90. The molecule has 1 fully saturated rings. The zero-order chi connectivity index (χ0) is 21.9. The second-order valence-electron chi connectivity index (χ2n) is 7.97. The Hall–Kier alpha value is -2.94. The molecule has 0 bridgehead atoms. The molecule has 3 aromatic heterocycles. The van der Waals surface area contributed by atoms with Crippen LogP contribution in [0.2, 0.25) is 0 Å². The third-order valence-corrected chi connectivity index (χ3v) is 6.71. The van der Waals surface area contributed by atoms with E-state index in [1.54, 1.807) is 22.9 Å². The maximum Gasteiger partial charge on any atom is 0.149 e. The summed E-state index contributed by atoms with van der Waals surface area (Å²) in [6, 6.07) is 11.5. The molecular formula is C24H25FN6S. The number of hydrogen-bond donors (Lipinski definition) is 1. The molecule has 0 saturated carbocycles. The molecule has 1 aliphatic rings. The lowest BCUT2D eigenvalue weighted by Crippen LogP contribution is -2.45. The Morgan fingerprint density at radius 3 is 2.53 bits per heavy atom. The molecule has 8 heteroatoms. The highest BCUT2D eigenvalue weighted by Gasteiger charge is 2.15. The highest BCUT2D eigenvalue weighted by molar-refractivity contribution is 7.16. The number of fused-ring (bicyclic) bond motifs is 1. The molecule has 164 valence electrons. The molecule has 0 atom stereocenters. The van der Waals surface area contributed by atoms with E-state index >= 15 is 0 Å². The van der Waals surface area contributed by atoms with Crippen LogP contribution in [0.25, 0.3) is 21.3 Å². The summed E-state index contributed by atoms with van der Waals surface area (Å²) in [5, 5.41) is 3.19. The lowest BCUT2D eigenvalue weighted by molar-refractivity contribution is 0.132. The van der Waals surface area contributed by atoms with Gasteiger partial charge < -0.3 is 10.2 Å². The van der Waals surface area contributed by atoms with E-state index in [0.29, 0.717) is 17.2 Å². The van der Waals surface area contributed by atoms with Crippen LogP contribution in [0.4, 0.5) is 16.0 Å². The number of benzene rings is 1. The van der Waals surface area contributed by atoms with Gasteiger partial charge in [0.15, 0.2) is 0 Å². The van der Waals surface area contributed by atoms with Crippen molar-refractivity contribution in [1.82, 2.24) is 24.8 Å². The standard InChI is InChI=1S/C24H25FN6S/c1-2-30-7-9-31(10-8-30)15-17-3-6-23(26-13-17)29-24-12-19(20(25)14-27-24)18-4-5-22-21(11-18)28-16-32-22/h3-6,11-14,16H,2,7-10,15H2,1H3,(H,26,27,29). The van der Waals surface area contributed by atoms with Gasteiger partial charge in [-0.25, -0.2) is 19.3 Å². The summed E-state index contributed by atoms with van der Waals surface area (Å²) in [4.78, 5) is 18.0. The Morgan fingerprint density at radius 1 is 0.938 bits per heavy atom. The van der Waals surface area contributed by atoms with Gasteiger partial charge in [-0.1, -0.05) is 19.1 Å². The molecule has 32 heavy (non-hydrogen) atoms. The molecule has 5 rings (SSSR count). The number of thiazole rings is 1. The van der Waals surface area contributed by atoms with Crippen LogP contribution in [0.15, 0.2) is 54.3 Å². The lowest BCUT2D eigenvalue weighted by Gasteiger charge is -2.33. The normalized spacial score (nSPS) is 15.3. The van der Waals surface area contributed by atoms with Crippen molar-refractivity contribution in [3.8, 4) is 11.1 Å². The van der Waals surface area contributed by atoms with Gasteiger partial charge in [-0.3, -0.25) is 4.90 Å². The van der Waals surface area contributed by atoms with Gasteiger partial charge in [0.05, 0.1) is 21.9 Å². The van der Waals surface area contributed by atoms with Crippen LogP contribution in [0.5, 0.6) is 0 Å². The summed E-state index contributed by atoms with van der Waals surface area (Å²) in [6.45, 7) is 8.65. The molecular weight excluding hydrogens is 423 g/mol. The second-order valence-corrected chi connectivity index (χ2v) is 8.86. The highest BCUT2D eigenvalue weighted by atomic mass is 32.1. The minimum atomic E-state index is -0.364. The first kappa shape index (κ1) is 20.9. The van der Waals surface area contributed by atoms with Crippen LogP contribution in [0.3, 0.4) is 0 Å². The Bertz CT molecular complexity index is 1200. The van der Waals surface area contributed by atoms with Crippen LogP contribution in [0, 0.1) is 5.82 Å². The van der Waals surface area contributed by atoms with Gasteiger partial charge in [-0.2, -0.15) is 0 Å². The van der Waals surface area contributed by atoms with Gasteiger partial charge in [0.25, 0.3) is 0 Å². The molecule has 1 saturated heterocycles. The van der Waals surface area contributed by atoms with Crippen molar-refractivity contribution in [2.45, 2.75) is 13.5 Å². The number of halogens is 1. The molecule has 1 aliphatic heterocycles. The number of likely N-dealkylation sites (N-methyl/N-ethyl adjacent to an activating group) is 1. The molecule has 1 N–H and O–H groups in total. The van der Waals surface area contributed by atoms with Crippen LogP contribution in [-0.4, -0.2) is 57.5 Å². The highest BCUT2D eigenvalue weighted by Crippen LogP contribution is 2.29. The third kappa shape index (κ3) is 4.62. The van der Waals surface area contributed by atoms with Crippen LogP contribution in [0.1, 0.15) is 12.5 Å². The quantitative estimate of drug-likeness (QED) is 0.458. The maximum absolute atomic E-state index is 14.5. The number of anilines is 2. The summed E-state index contributed by atoms with van der Waals surface area (Å²) in [7, 11) is 0. The summed E-state index contributed by atoms with van der Waals surface area (Å²) in [5.41, 5.74) is 5.11. The SMILES string of the molecule is CCN1CCN(Cc2ccc(Nc3cc(-c4ccc5scnc5c4)c(F)cn3)nc2)CC1. The second kappa shape index (κ2) is 9.28. The Kier molecular flexibility index (Phi) is 6.07. The van der Waals surface area contributed by atoms with E-state index in [-0.39, 0.29) is 5.82 Å². The summed E-state index contributed by atoms with van der Waals surface area (Å²) < 4.78 is 15.6. The van der Waals surface area contributed by atoms with E-state index in [2.05, 4.69) is 43.1 Å². The predicted octanol–water partition coefficient (Wildman–Crippen LogP) is 4.77. The molecule has 4 aromatic rings.